The Labute approximate surface area is 150 Å². The van der Waals surface area contributed by atoms with E-state index in [2.05, 4.69) is 0 Å². The van der Waals surface area contributed by atoms with Crippen LogP contribution in [0.15, 0.2) is 39.6 Å². The second kappa shape index (κ2) is 7.58. The molecule has 2 aromatic rings. The zero-order valence-electron chi connectivity index (χ0n) is 14.1. The maximum absolute atomic E-state index is 12.4. The zero-order valence-corrected chi connectivity index (χ0v) is 14.9. The third-order valence-corrected chi connectivity index (χ3v) is 4.46. The molecule has 0 aliphatic rings. The molecule has 0 fully saturated rings. The number of carbonyl (C=O) groups is 2. The van der Waals surface area contributed by atoms with Gasteiger partial charge in [0.15, 0.2) is 12.4 Å². The van der Waals surface area contributed by atoms with Gasteiger partial charge in [0, 0.05) is 19.7 Å². The molecule has 0 saturated heterocycles. The quantitative estimate of drug-likeness (QED) is 0.727. The van der Waals surface area contributed by atoms with Crippen molar-refractivity contribution in [2.45, 2.75) is 18.4 Å². The fourth-order valence-electron chi connectivity index (χ4n) is 2.22. The van der Waals surface area contributed by atoms with E-state index in [-0.39, 0.29) is 23.0 Å². The molecule has 26 heavy (non-hydrogen) atoms. The number of furan rings is 1. The molecule has 0 spiro atoms. The molecule has 0 unspecified atom stereocenters. The van der Waals surface area contributed by atoms with Gasteiger partial charge in [-0.25, -0.2) is 18.4 Å². The number of hydrogen-bond donors (Lipinski definition) is 2. The second-order valence-electron chi connectivity index (χ2n) is 5.56. The molecule has 9 nitrogen and oxygen atoms in total. The predicted octanol–water partition coefficient (Wildman–Crippen LogP) is 0.971. The molecule has 1 amide bonds. The second-order valence-corrected chi connectivity index (χ2v) is 7.09. The summed E-state index contributed by atoms with van der Waals surface area (Å²) in [6.07, 6.45) is 0. The van der Waals surface area contributed by atoms with Crippen molar-refractivity contribution in [1.82, 2.24) is 4.90 Å². The molecule has 0 atom stereocenters. The normalized spacial score (nSPS) is 11.2. The highest BCUT2D eigenvalue weighted by atomic mass is 32.2. The van der Waals surface area contributed by atoms with Crippen molar-refractivity contribution in [1.29, 1.82) is 0 Å². The summed E-state index contributed by atoms with van der Waals surface area (Å²) in [6, 6.07) is 7.65. The smallest absolute Gasteiger partial charge is 0.341 e. The van der Waals surface area contributed by atoms with Crippen LogP contribution < -0.4 is 9.88 Å². The number of sulfonamides is 1. The number of rotatable bonds is 7. The molecule has 1 aromatic heterocycles. The average Bonchev–Trinajstić information content (AvgIpc) is 2.95. The summed E-state index contributed by atoms with van der Waals surface area (Å²) in [5, 5.41) is 13.6. The van der Waals surface area contributed by atoms with Crippen molar-refractivity contribution in [2.24, 2.45) is 5.14 Å². The van der Waals surface area contributed by atoms with Crippen LogP contribution in [0.3, 0.4) is 0 Å². The Morgan fingerprint density at radius 2 is 1.88 bits per heavy atom. The van der Waals surface area contributed by atoms with Gasteiger partial charge in [0.25, 0.3) is 5.91 Å². The Kier molecular flexibility index (Phi) is 5.68. The van der Waals surface area contributed by atoms with E-state index in [0.29, 0.717) is 5.75 Å². The van der Waals surface area contributed by atoms with Crippen molar-refractivity contribution in [2.75, 3.05) is 13.7 Å². The minimum Gasteiger partial charge on any atom is -0.482 e. The Bertz CT molecular complexity index is 917. The Morgan fingerprint density at radius 1 is 1.27 bits per heavy atom. The highest BCUT2D eigenvalue weighted by molar-refractivity contribution is 7.89. The van der Waals surface area contributed by atoms with Gasteiger partial charge in [-0.1, -0.05) is 12.1 Å². The van der Waals surface area contributed by atoms with E-state index in [1.165, 1.54) is 18.9 Å². The van der Waals surface area contributed by atoms with Crippen LogP contribution in [-0.2, 0) is 21.4 Å². The molecule has 0 bridgehead atoms. The number of amides is 1. The lowest BCUT2D eigenvalue weighted by atomic mass is 10.2. The van der Waals surface area contributed by atoms with Gasteiger partial charge in [0.05, 0.1) is 0 Å². The van der Waals surface area contributed by atoms with E-state index < -0.39 is 28.5 Å². The summed E-state index contributed by atoms with van der Waals surface area (Å²) in [4.78, 5) is 24.0. The first kappa shape index (κ1) is 19.5. The number of nitrogens with zero attached hydrogens (tertiary/aromatic N) is 1. The predicted molar refractivity (Wildman–Crippen MR) is 90.2 cm³/mol. The van der Waals surface area contributed by atoms with Crippen LogP contribution in [0, 0.1) is 6.92 Å². The summed E-state index contributed by atoms with van der Waals surface area (Å²) in [5.74, 6) is -1.27. The minimum atomic E-state index is -3.97. The number of aliphatic carboxylic acids is 1. The van der Waals surface area contributed by atoms with E-state index in [0.717, 1.165) is 11.6 Å². The molecule has 10 heteroatoms. The first-order valence-corrected chi connectivity index (χ1v) is 8.95. The van der Waals surface area contributed by atoms with Gasteiger partial charge in [-0.15, -0.1) is 0 Å². The molecule has 2 rings (SSSR count). The van der Waals surface area contributed by atoms with E-state index in [9.17, 15) is 18.0 Å². The highest BCUT2D eigenvalue weighted by Gasteiger charge is 2.23. The standard InChI is InChI=1S/C16H18N2O7S/c1-10-14(26(17,22)23)7-13(25-10)16(21)18(2)8-11-3-5-12(6-4-11)24-9-15(19)20/h3-7H,8-9H2,1-2H3,(H,19,20)(H2,17,22,23). The van der Waals surface area contributed by atoms with Gasteiger partial charge in [-0.2, -0.15) is 0 Å². The van der Waals surface area contributed by atoms with Crippen molar-refractivity contribution in [3.63, 3.8) is 0 Å². The molecular formula is C16H18N2O7S. The highest BCUT2D eigenvalue weighted by Crippen LogP contribution is 2.20. The van der Waals surface area contributed by atoms with Gasteiger partial charge in [0.2, 0.25) is 10.0 Å². The number of hydrogen-bond acceptors (Lipinski definition) is 6. The van der Waals surface area contributed by atoms with Gasteiger partial charge in [-0.3, -0.25) is 4.79 Å². The summed E-state index contributed by atoms with van der Waals surface area (Å²) >= 11 is 0. The van der Waals surface area contributed by atoms with Gasteiger partial charge >= 0.3 is 5.97 Å². The molecule has 3 N–H and O–H groups in total. The Morgan fingerprint density at radius 3 is 2.38 bits per heavy atom. The molecule has 1 aromatic carbocycles. The SMILES string of the molecule is Cc1oc(C(=O)N(C)Cc2ccc(OCC(=O)O)cc2)cc1S(N)(=O)=O. The van der Waals surface area contributed by atoms with Crippen LogP contribution in [0.25, 0.3) is 0 Å². The number of aryl methyl sites for hydroxylation is 1. The summed E-state index contributed by atoms with van der Waals surface area (Å²) in [5.41, 5.74) is 0.762. The first-order valence-electron chi connectivity index (χ1n) is 7.40. The Hall–Kier alpha value is -2.85. The zero-order chi connectivity index (χ0) is 19.5. The largest absolute Gasteiger partial charge is 0.482 e. The first-order chi connectivity index (χ1) is 12.1. The molecule has 0 aliphatic heterocycles. The molecule has 0 radical (unpaired) electrons. The number of carboxylic acids is 1. The lowest BCUT2D eigenvalue weighted by molar-refractivity contribution is -0.139. The van der Waals surface area contributed by atoms with Crippen LogP contribution in [0.2, 0.25) is 0 Å². The lowest BCUT2D eigenvalue weighted by Gasteiger charge is -2.16. The number of carbonyl (C=O) groups excluding carboxylic acids is 1. The van der Waals surface area contributed by atoms with Crippen molar-refractivity contribution in [3.8, 4) is 5.75 Å². The molecule has 0 saturated carbocycles. The fraction of sp³-hybridized carbons (Fsp3) is 0.250. The Balaban J connectivity index is 2.06. The molecule has 140 valence electrons. The van der Waals surface area contributed by atoms with Crippen LogP contribution in [0.4, 0.5) is 0 Å². The van der Waals surface area contributed by atoms with Crippen molar-refractivity contribution >= 4 is 21.9 Å². The van der Waals surface area contributed by atoms with Gasteiger partial charge in [0.1, 0.15) is 16.4 Å². The monoisotopic (exact) mass is 382 g/mol. The van der Waals surface area contributed by atoms with E-state index in [4.69, 9.17) is 19.4 Å². The molecule has 1 heterocycles. The minimum absolute atomic E-state index is 0.0455. The van der Waals surface area contributed by atoms with Crippen molar-refractivity contribution < 1.29 is 32.3 Å². The van der Waals surface area contributed by atoms with E-state index >= 15 is 0 Å². The van der Waals surface area contributed by atoms with Crippen LogP contribution in [-0.4, -0.2) is 44.0 Å². The average molecular weight is 382 g/mol. The van der Waals surface area contributed by atoms with Crippen LogP contribution in [0.5, 0.6) is 5.75 Å². The van der Waals surface area contributed by atoms with Gasteiger partial charge in [-0.05, 0) is 24.6 Å². The van der Waals surface area contributed by atoms with E-state index in [1.807, 2.05) is 0 Å². The summed E-state index contributed by atoms with van der Waals surface area (Å²) in [6.45, 7) is 1.19. The lowest BCUT2D eigenvalue weighted by Crippen LogP contribution is -2.25. The van der Waals surface area contributed by atoms with Gasteiger partial charge < -0.3 is 19.2 Å². The van der Waals surface area contributed by atoms with Crippen LogP contribution >= 0.6 is 0 Å². The third kappa shape index (κ3) is 4.83. The molecule has 0 aliphatic carbocycles. The maximum atomic E-state index is 12.4. The number of benzene rings is 1. The topological polar surface area (TPSA) is 140 Å². The third-order valence-electron chi connectivity index (χ3n) is 3.44. The number of ether oxygens (including phenoxy) is 1. The number of carboxylic acid groups (broad SMARTS) is 1. The number of nitrogens with two attached hydrogens (primary N) is 1. The van der Waals surface area contributed by atoms with Crippen molar-refractivity contribution in [3.05, 3.63) is 47.4 Å². The number of primary sulfonamides is 1. The van der Waals surface area contributed by atoms with Crippen LogP contribution in [0.1, 0.15) is 21.9 Å². The summed E-state index contributed by atoms with van der Waals surface area (Å²) in [7, 11) is -2.43. The maximum Gasteiger partial charge on any atom is 0.341 e. The van der Waals surface area contributed by atoms with E-state index in [1.54, 1.807) is 24.3 Å². The fourth-order valence-corrected chi connectivity index (χ4v) is 2.94. The molecular weight excluding hydrogens is 364 g/mol. The summed E-state index contributed by atoms with van der Waals surface area (Å²) < 4.78 is 33.1.